The SMILES string of the molecule is COc1ccc(CCN2C(=O)C(=O)/C(=C(\O)c3ccc(F)cc3)C2c2ccccc2Cl)cc1OC. The molecule has 1 fully saturated rings. The maximum Gasteiger partial charge on any atom is 0.295 e. The number of rotatable bonds is 7. The molecule has 0 spiro atoms. The Morgan fingerprint density at radius 3 is 2.34 bits per heavy atom. The summed E-state index contributed by atoms with van der Waals surface area (Å²) in [6.07, 6.45) is 0.408. The molecule has 0 saturated carbocycles. The molecule has 3 aromatic carbocycles. The molecule has 1 aliphatic rings. The highest BCUT2D eigenvalue weighted by atomic mass is 35.5. The molecule has 1 aliphatic heterocycles. The fraction of sp³-hybridized carbons (Fsp3) is 0.185. The zero-order chi connectivity index (χ0) is 25.1. The quantitative estimate of drug-likeness (QED) is 0.278. The van der Waals surface area contributed by atoms with Crippen LogP contribution in [-0.2, 0) is 16.0 Å². The van der Waals surface area contributed by atoms with Gasteiger partial charge in [0.15, 0.2) is 11.5 Å². The molecule has 0 bridgehead atoms. The first kappa shape index (κ1) is 24.3. The van der Waals surface area contributed by atoms with Crippen LogP contribution in [0.3, 0.4) is 0 Å². The highest BCUT2D eigenvalue weighted by Gasteiger charge is 2.46. The molecule has 0 aromatic heterocycles. The highest BCUT2D eigenvalue weighted by molar-refractivity contribution is 6.47. The molecule has 8 heteroatoms. The first-order chi connectivity index (χ1) is 16.8. The number of amides is 1. The Bertz CT molecular complexity index is 1310. The molecule has 6 nitrogen and oxygen atoms in total. The van der Waals surface area contributed by atoms with Crippen LogP contribution in [-0.4, -0.2) is 42.5 Å². The molecule has 35 heavy (non-hydrogen) atoms. The Morgan fingerprint density at radius 1 is 1.00 bits per heavy atom. The van der Waals surface area contributed by atoms with Gasteiger partial charge < -0.3 is 19.5 Å². The van der Waals surface area contributed by atoms with E-state index in [0.717, 1.165) is 5.56 Å². The maximum atomic E-state index is 13.4. The molecular weight excluding hydrogens is 473 g/mol. The molecule has 1 amide bonds. The minimum atomic E-state index is -0.908. The van der Waals surface area contributed by atoms with Crippen molar-refractivity contribution in [1.29, 1.82) is 0 Å². The van der Waals surface area contributed by atoms with Gasteiger partial charge in [-0.1, -0.05) is 35.9 Å². The van der Waals surface area contributed by atoms with Crippen molar-refractivity contribution in [2.45, 2.75) is 12.5 Å². The summed E-state index contributed by atoms with van der Waals surface area (Å²) in [7, 11) is 3.08. The van der Waals surface area contributed by atoms with Crippen molar-refractivity contribution in [1.82, 2.24) is 4.90 Å². The number of carbonyl (C=O) groups excluding carboxylic acids is 2. The first-order valence-electron chi connectivity index (χ1n) is 10.9. The lowest BCUT2D eigenvalue weighted by Crippen LogP contribution is -2.31. The predicted molar refractivity (Wildman–Crippen MR) is 130 cm³/mol. The number of halogens is 2. The van der Waals surface area contributed by atoms with Crippen molar-refractivity contribution in [3.63, 3.8) is 0 Å². The number of likely N-dealkylation sites (tertiary alicyclic amines) is 1. The number of hydrogen-bond acceptors (Lipinski definition) is 5. The molecule has 0 aliphatic carbocycles. The molecule has 3 aromatic rings. The summed E-state index contributed by atoms with van der Waals surface area (Å²) in [5, 5.41) is 11.4. The number of nitrogens with zero attached hydrogens (tertiary/aromatic N) is 1. The average molecular weight is 496 g/mol. The van der Waals surface area contributed by atoms with Crippen molar-refractivity contribution in [2.75, 3.05) is 20.8 Å². The summed E-state index contributed by atoms with van der Waals surface area (Å²) in [6, 6.07) is 16.4. The lowest BCUT2D eigenvalue weighted by atomic mass is 9.95. The molecule has 4 rings (SSSR count). The van der Waals surface area contributed by atoms with Gasteiger partial charge in [0.05, 0.1) is 25.8 Å². The van der Waals surface area contributed by atoms with Crippen LogP contribution in [0.1, 0.15) is 22.7 Å². The highest BCUT2D eigenvalue weighted by Crippen LogP contribution is 2.42. The molecule has 1 heterocycles. The number of carbonyl (C=O) groups is 2. The largest absolute Gasteiger partial charge is 0.507 e. The first-order valence-corrected chi connectivity index (χ1v) is 11.2. The summed E-state index contributed by atoms with van der Waals surface area (Å²) < 4.78 is 24.1. The third-order valence-electron chi connectivity index (χ3n) is 5.95. The number of methoxy groups -OCH3 is 2. The second kappa shape index (κ2) is 10.2. The molecular formula is C27H23ClFNO5. The van der Waals surface area contributed by atoms with E-state index in [1.165, 1.54) is 36.3 Å². The van der Waals surface area contributed by atoms with Crippen LogP contribution in [0.4, 0.5) is 4.39 Å². The summed E-state index contributed by atoms with van der Waals surface area (Å²) in [4.78, 5) is 27.7. The predicted octanol–water partition coefficient (Wildman–Crippen LogP) is 5.16. The lowest BCUT2D eigenvalue weighted by molar-refractivity contribution is -0.139. The minimum Gasteiger partial charge on any atom is -0.507 e. The van der Waals surface area contributed by atoms with E-state index in [2.05, 4.69) is 0 Å². The van der Waals surface area contributed by atoms with Gasteiger partial charge in [0.25, 0.3) is 11.7 Å². The zero-order valence-corrected chi connectivity index (χ0v) is 19.9. The van der Waals surface area contributed by atoms with E-state index < -0.39 is 23.5 Å². The summed E-state index contributed by atoms with van der Waals surface area (Å²) in [5.41, 5.74) is 1.49. The molecule has 0 radical (unpaired) electrons. The number of benzene rings is 3. The smallest absolute Gasteiger partial charge is 0.295 e. The Hall–Kier alpha value is -3.84. The fourth-order valence-corrected chi connectivity index (χ4v) is 4.42. The van der Waals surface area contributed by atoms with E-state index in [4.69, 9.17) is 21.1 Å². The molecule has 1 N–H and O–H groups in total. The number of ketones is 1. The van der Waals surface area contributed by atoms with Crippen LogP contribution < -0.4 is 9.47 Å². The van der Waals surface area contributed by atoms with Gasteiger partial charge in [-0.25, -0.2) is 4.39 Å². The van der Waals surface area contributed by atoms with Gasteiger partial charge in [-0.2, -0.15) is 0 Å². The van der Waals surface area contributed by atoms with E-state index in [1.807, 2.05) is 6.07 Å². The Labute approximate surface area is 207 Å². The van der Waals surface area contributed by atoms with Crippen molar-refractivity contribution in [2.24, 2.45) is 0 Å². The number of aliphatic hydroxyl groups is 1. The van der Waals surface area contributed by atoms with Gasteiger partial charge in [-0.3, -0.25) is 9.59 Å². The van der Waals surface area contributed by atoms with E-state index in [0.29, 0.717) is 28.5 Å². The summed E-state index contributed by atoms with van der Waals surface area (Å²) in [5.74, 6) is -1.33. The Kier molecular flexibility index (Phi) is 7.07. The number of Topliss-reactive ketones (excluding diaryl/α,β-unsaturated/α-hetero) is 1. The average Bonchev–Trinajstić information content (AvgIpc) is 3.12. The van der Waals surface area contributed by atoms with Gasteiger partial charge >= 0.3 is 0 Å². The van der Waals surface area contributed by atoms with Gasteiger partial charge in [0.2, 0.25) is 0 Å². The van der Waals surface area contributed by atoms with Crippen LogP contribution >= 0.6 is 11.6 Å². The minimum absolute atomic E-state index is 0.0954. The third-order valence-corrected chi connectivity index (χ3v) is 6.29. The maximum absolute atomic E-state index is 13.4. The third kappa shape index (κ3) is 4.72. The van der Waals surface area contributed by atoms with Gasteiger partial charge in [0, 0.05) is 17.1 Å². The van der Waals surface area contributed by atoms with Gasteiger partial charge in [-0.05, 0) is 60.0 Å². The number of aliphatic hydroxyl groups excluding tert-OH is 1. The summed E-state index contributed by atoms with van der Waals surface area (Å²) >= 11 is 6.46. The van der Waals surface area contributed by atoms with Crippen molar-refractivity contribution in [3.8, 4) is 11.5 Å². The molecule has 180 valence electrons. The zero-order valence-electron chi connectivity index (χ0n) is 19.1. The number of ether oxygens (including phenoxy) is 2. The standard InChI is InChI=1S/C27H23ClFNO5/c1-34-21-12-7-16(15-22(21)35-2)13-14-30-24(19-5-3-4-6-20(19)28)23(26(32)27(30)33)25(31)17-8-10-18(29)11-9-17/h3-12,15,24,31H,13-14H2,1-2H3/b25-23-. The van der Waals surface area contributed by atoms with E-state index in [1.54, 1.807) is 43.5 Å². The second-order valence-electron chi connectivity index (χ2n) is 7.96. The molecule has 1 saturated heterocycles. The number of hydrogen-bond donors (Lipinski definition) is 1. The normalized spacial score (nSPS) is 17.0. The van der Waals surface area contributed by atoms with Crippen LogP contribution in [0.15, 0.2) is 72.3 Å². The van der Waals surface area contributed by atoms with Crippen LogP contribution in [0.2, 0.25) is 5.02 Å². The molecule has 1 atom stereocenters. The Morgan fingerprint density at radius 2 is 1.69 bits per heavy atom. The van der Waals surface area contributed by atoms with Crippen molar-refractivity contribution < 1.29 is 28.6 Å². The topological polar surface area (TPSA) is 76.1 Å². The van der Waals surface area contributed by atoms with E-state index >= 15 is 0 Å². The fourth-order valence-electron chi connectivity index (χ4n) is 4.18. The monoisotopic (exact) mass is 495 g/mol. The van der Waals surface area contributed by atoms with Crippen molar-refractivity contribution >= 4 is 29.1 Å². The van der Waals surface area contributed by atoms with Crippen LogP contribution in [0.5, 0.6) is 11.5 Å². The molecule has 1 unspecified atom stereocenters. The van der Waals surface area contributed by atoms with E-state index in [-0.39, 0.29) is 23.4 Å². The summed E-state index contributed by atoms with van der Waals surface area (Å²) in [6.45, 7) is 0.177. The Balaban J connectivity index is 1.75. The van der Waals surface area contributed by atoms with Crippen LogP contribution in [0, 0.1) is 5.82 Å². The van der Waals surface area contributed by atoms with Gasteiger partial charge in [0.1, 0.15) is 11.6 Å². The lowest BCUT2D eigenvalue weighted by Gasteiger charge is -2.26. The van der Waals surface area contributed by atoms with E-state index in [9.17, 15) is 19.1 Å². The van der Waals surface area contributed by atoms with Gasteiger partial charge in [-0.15, -0.1) is 0 Å². The van der Waals surface area contributed by atoms with Crippen molar-refractivity contribution in [3.05, 3.63) is 99.8 Å². The second-order valence-corrected chi connectivity index (χ2v) is 8.37. The van der Waals surface area contributed by atoms with Crippen LogP contribution in [0.25, 0.3) is 5.76 Å².